The lowest BCUT2D eigenvalue weighted by Gasteiger charge is -1.99. The molecule has 0 radical (unpaired) electrons. The minimum atomic E-state index is -0.471. The second-order valence-corrected chi connectivity index (χ2v) is 4.34. The molecule has 0 aliphatic rings. The number of nitrogens with two attached hydrogens (primary N) is 1. The van der Waals surface area contributed by atoms with Gasteiger partial charge in [0.15, 0.2) is 5.69 Å². The van der Waals surface area contributed by atoms with Crippen molar-refractivity contribution in [2.24, 2.45) is 5.73 Å². The molecule has 0 saturated carbocycles. The lowest BCUT2D eigenvalue weighted by Crippen LogP contribution is -2.10. The maximum Gasteiger partial charge on any atom is 0.360 e. The van der Waals surface area contributed by atoms with E-state index in [4.69, 9.17) is 10.5 Å². The molecule has 0 aliphatic heterocycles. The first-order chi connectivity index (χ1) is 8.29. The van der Waals surface area contributed by atoms with Crippen LogP contribution in [0.15, 0.2) is 23.7 Å². The van der Waals surface area contributed by atoms with Crippen LogP contribution in [-0.4, -0.2) is 27.5 Å². The van der Waals surface area contributed by atoms with Gasteiger partial charge in [-0.2, -0.15) is 0 Å². The molecule has 17 heavy (non-hydrogen) atoms. The Hall–Kier alpha value is -1.73. The number of carbonyl (C=O) groups is 1. The van der Waals surface area contributed by atoms with E-state index in [1.54, 1.807) is 0 Å². The van der Waals surface area contributed by atoms with Gasteiger partial charge in [0.05, 0.1) is 12.7 Å². The molecule has 0 spiro atoms. The van der Waals surface area contributed by atoms with E-state index >= 15 is 0 Å². The van der Waals surface area contributed by atoms with Crippen molar-refractivity contribution in [2.45, 2.75) is 13.2 Å². The van der Waals surface area contributed by atoms with Gasteiger partial charge in [0.25, 0.3) is 0 Å². The largest absolute Gasteiger partial charge is 0.455 e. The van der Waals surface area contributed by atoms with Gasteiger partial charge < -0.3 is 10.5 Å². The fourth-order valence-electron chi connectivity index (χ4n) is 1.24. The minimum absolute atomic E-state index is 0.204. The average Bonchev–Trinajstić information content (AvgIpc) is 2.97. The summed E-state index contributed by atoms with van der Waals surface area (Å²) >= 11 is 1.54. The minimum Gasteiger partial charge on any atom is -0.455 e. The maximum absolute atomic E-state index is 11.6. The topological polar surface area (TPSA) is 83.0 Å². The molecule has 0 saturated heterocycles. The Morgan fingerprint density at radius 1 is 1.59 bits per heavy atom. The van der Waals surface area contributed by atoms with Crippen molar-refractivity contribution in [1.29, 1.82) is 0 Å². The predicted octanol–water partition coefficient (Wildman–Crippen LogP) is 0.655. The zero-order valence-electron chi connectivity index (χ0n) is 9.07. The summed E-state index contributed by atoms with van der Waals surface area (Å²) in [5, 5.41) is 9.41. The fraction of sp³-hybridized carbons (Fsp3) is 0.300. The van der Waals surface area contributed by atoms with Crippen LogP contribution in [0.25, 0.3) is 0 Å². The first-order valence-corrected chi connectivity index (χ1v) is 5.97. The Bertz CT molecular complexity index is 480. The van der Waals surface area contributed by atoms with E-state index in [0.29, 0.717) is 13.1 Å². The molecular formula is C10H12N4O2S. The van der Waals surface area contributed by atoms with Crippen molar-refractivity contribution in [3.63, 3.8) is 0 Å². The number of hydrogen-bond donors (Lipinski definition) is 1. The Balaban J connectivity index is 1.90. The van der Waals surface area contributed by atoms with E-state index in [-0.39, 0.29) is 12.3 Å². The normalized spacial score (nSPS) is 10.4. The summed E-state index contributed by atoms with van der Waals surface area (Å²) in [6.45, 7) is 1.25. The summed E-state index contributed by atoms with van der Waals surface area (Å²) in [6, 6.07) is 3.81. The van der Waals surface area contributed by atoms with Crippen LogP contribution in [0, 0.1) is 0 Å². The van der Waals surface area contributed by atoms with E-state index in [1.807, 2.05) is 17.5 Å². The second-order valence-electron chi connectivity index (χ2n) is 3.31. The molecule has 0 aromatic carbocycles. The van der Waals surface area contributed by atoms with Gasteiger partial charge in [-0.25, -0.2) is 4.79 Å². The number of ether oxygens (including phenoxy) is 1. The molecule has 0 aliphatic carbocycles. The third-order valence-corrected chi connectivity index (χ3v) is 2.88. The number of carbonyl (C=O) groups excluding carboxylic acids is 1. The molecule has 6 nitrogen and oxygen atoms in total. The van der Waals surface area contributed by atoms with Gasteiger partial charge in [-0.1, -0.05) is 11.3 Å². The van der Waals surface area contributed by atoms with Crippen LogP contribution in [0.5, 0.6) is 0 Å². The summed E-state index contributed by atoms with van der Waals surface area (Å²) in [4.78, 5) is 12.6. The highest BCUT2D eigenvalue weighted by atomic mass is 32.1. The highest BCUT2D eigenvalue weighted by Crippen LogP contribution is 2.10. The molecule has 90 valence electrons. The quantitative estimate of drug-likeness (QED) is 0.790. The van der Waals surface area contributed by atoms with Crippen molar-refractivity contribution in [2.75, 3.05) is 6.54 Å². The molecule has 0 fully saturated rings. The Morgan fingerprint density at radius 2 is 2.47 bits per heavy atom. The Kier molecular flexibility index (Phi) is 3.84. The van der Waals surface area contributed by atoms with Gasteiger partial charge in [0, 0.05) is 11.4 Å². The SMILES string of the molecule is NCCn1cc(C(=O)OCc2cccs2)nn1. The number of esters is 1. The molecule has 0 atom stereocenters. The van der Waals surface area contributed by atoms with E-state index in [9.17, 15) is 4.79 Å². The van der Waals surface area contributed by atoms with E-state index in [0.717, 1.165) is 4.88 Å². The Morgan fingerprint density at radius 3 is 3.18 bits per heavy atom. The van der Waals surface area contributed by atoms with Crippen molar-refractivity contribution in [1.82, 2.24) is 15.0 Å². The fourth-order valence-corrected chi connectivity index (χ4v) is 1.85. The molecule has 0 bridgehead atoms. The third kappa shape index (κ3) is 3.11. The van der Waals surface area contributed by atoms with Crippen molar-refractivity contribution >= 4 is 17.3 Å². The molecule has 2 rings (SSSR count). The number of aromatic nitrogens is 3. The molecule has 0 amide bonds. The molecule has 2 aromatic heterocycles. The highest BCUT2D eigenvalue weighted by Gasteiger charge is 2.12. The van der Waals surface area contributed by atoms with Gasteiger partial charge in [0.2, 0.25) is 0 Å². The zero-order chi connectivity index (χ0) is 12.1. The van der Waals surface area contributed by atoms with Crippen LogP contribution in [-0.2, 0) is 17.9 Å². The zero-order valence-corrected chi connectivity index (χ0v) is 9.89. The van der Waals surface area contributed by atoms with Crippen LogP contribution in [0.3, 0.4) is 0 Å². The highest BCUT2D eigenvalue weighted by molar-refractivity contribution is 7.09. The number of thiophene rings is 1. The summed E-state index contributed by atoms with van der Waals surface area (Å²) in [6.07, 6.45) is 1.53. The number of rotatable bonds is 5. The van der Waals surface area contributed by atoms with Crippen molar-refractivity contribution in [3.05, 3.63) is 34.3 Å². The van der Waals surface area contributed by atoms with E-state index < -0.39 is 5.97 Å². The van der Waals surface area contributed by atoms with Crippen LogP contribution in [0.4, 0.5) is 0 Å². The lowest BCUT2D eigenvalue weighted by atomic mass is 10.4. The molecule has 2 heterocycles. The smallest absolute Gasteiger partial charge is 0.360 e. The van der Waals surface area contributed by atoms with Crippen LogP contribution < -0.4 is 5.73 Å². The third-order valence-electron chi connectivity index (χ3n) is 2.03. The van der Waals surface area contributed by atoms with Gasteiger partial charge in [-0.05, 0) is 11.4 Å². The van der Waals surface area contributed by atoms with Gasteiger partial charge >= 0.3 is 5.97 Å². The van der Waals surface area contributed by atoms with E-state index in [1.165, 1.54) is 22.2 Å². The molecular weight excluding hydrogens is 240 g/mol. The van der Waals surface area contributed by atoms with Gasteiger partial charge in [-0.15, -0.1) is 16.4 Å². The summed E-state index contributed by atoms with van der Waals surface area (Å²) in [5.74, 6) is -0.471. The van der Waals surface area contributed by atoms with Crippen LogP contribution in [0.2, 0.25) is 0 Å². The summed E-state index contributed by atoms with van der Waals surface area (Å²) < 4.78 is 6.60. The van der Waals surface area contributed by atoms with Crippen LogP contribution in [0.1, 0.15) is 15.4 Å². The molecule has 7 heteroatoms. The van der Waals surface area contributed by atoms with Crippen molar-refractivity contribution in [3.8, 4) is 0 Å². The standard InChI is InChI=1S/C10H12N4O2S/c11-3-4-14-6-9(12-13-14)10(15)16-7-8-2-1-5-17-8/h1-2,5-6H,3-4,7,11H2. The summed E-state index contributed by atoms with van der Waals surface area (Å²) in [5.41, 5.74) is 5.57. The molecule has 2 N–H and O–H groups in total. The number of nitrogens with zero attached hydrogens (tertiary/aromatic N) is 3. The Labute approximate surface area is 102 Å². The second kappa shape index (κ2) is 5.55. The van der Waals surface area contributed by atoms with Gasteiger partial charge in [0.1, 0.15) is 6.61 Å². The number of hydrogen-bond acceptors (Lipinski definition) is 6. The average molecular weight is 252 g/mol. The lowest BCUT2D eigenvalue weighted by molar-refractivity contribution is 0.0469. The molecule has 2 aromatic rings. The first-order valence-electron chi connectivity index (χ1n) is 5.09. The van der Waals surface area contributed by atoms with Gasteiger partial charge in [-0.3, -0.25) is 4.68 Å². The molecule has 0 unspecified atom stereocenters. The first kappa shape index (κ1) is 11.7. The van der Waals surface area contributed by atoms with Crippen molar-refractivity contribution < 1.29 is 9.53 Å². The summed E-state index contributed by atoms with van der Waals surface area (Å²) in [7, 11) is 0. The maximum atomic E-state index is 11.6. The monoisotopic (exact) mass is 252 g/mol. The van der Waals surface area contributed by atoms with Crippen LogP contribution >= 0.6 is 11.3 Å². The van der Waals surface area contributed by atoms with E-state index in [2.05, 4.69) is 10.3 Å². The predicted molar refractivity (Wildman–Crippen MR) is 62.5 cm³/mol.